The van der Waals surface area contributed by atoms with E-state index in [0.717, 1.165) is 37.1 Å². The van der Waals surface area contributed by atoms with E-state index in [-0.39, 0.29) is 0 Å². The fourth-order valence-electron chi connectivity index (χ4n) is 2.49. The highest BCUT2D eigenvalue weighted by molar-refractivity contribution is 6.30. The molecule has 0 aromatic heterocycles. The molecule has 1 fully saturated rings. The third-order valence-electron chi connectivity index (χ3n) is 3.63. The van der Waals surface area contributed by atoms with Crippen LogP contribution in [0.25, 0.3) is 0 Å². The molecule has 0 amide bonds. The summed E-state index contributed by atoms with van der Waals surface area (Å²) in [5, 5.41) is 4.44. The van der Waals surface area contributed by atoms with Crippen molar-refractivity contribution >= 4 is 11.6 Å². The van der Waals surface area contributed by atoms with Crippen molar-refractivity contribution in [2.45, 2.75) is 32.2 Å². The summed E-state index contributed by atoms with van der Waals surface area (Å²) in [6, 6.07) is 8.55. The second-order valence-electron chi connectivity index (χ2n) is 4.99. The molecule has 1 aromatic rings. The van der Waals surface area contributed by atoms with Crippen LogP contribution in [-0.4, -0.2) is 19.8 Å². The van der Waals surface area contributed by atoms with Gasteiger partial charge in [-0.3, -0.25) is 0 Å². The number of ether oxygens (including phenoxy) is 1. The van der Waals surface area contributed by atoms with Crippen LogP contribution >= 0.6 is 11.6 Å². The van der Waals surface area contributed by atoms with Gasteiger partial charge < -0.3 is 10.1 Å². The van der Waals surface area contributed by atoms with Crippen molar-refractivity contribution in [3.8, 4) is 0 Å². The Balaban J connectivity index is 1.81. The molecule has 0 aliphatic carbocycles. The Hall–Kier alpha value is -0.570. The summed E-state index contributed by atoms with van der Waals surface area (Å²) < 4.78 is 5.40. The molecule has 1 saturated heterocycles. The molecule has 18 heavy (non-hydrogen) atoms. The average molecular weight is 268 g/mol. The van der Waals surface area contributed by atoms with Gasteiger partial charge in [0, 0.05) is 24.3 Å². The minimum Gasteiger partial charge on any atom is -0.381 e. The van der Waals surface area contributed by atoms with Gasteiger partial charge in [-0.1, -0.05) is 30.7 Å². The van der Waals surface area contributed by atoms with Crippen molar-refractivity contribution in [2.24, 2.45) is 5.92 Å². The van der Waals surface area contributed by atoms with Gasteiger partial charge >= 0.3 is 0 Å². The molecule has 100 valence electrons. The maximum Gasteiger partial charge on any atom is 0.0495 e. The molecule has 0 radical (unpaired) electrons. The summed E-state index contributed by atoms with van der Waals surface area (Å²) in [5.74, 6) is 0.745. The maximum absolute atomic E-state index is 6.04. The van der Waals surface area contributed by atoms with Crippen LogP contribution in [0, 0.1) is 5.92 Å². The first-order valence-corrected chi connectivity index (χ1v) is 7.24. The Morgan fingerprint density at radius 2 is 2.39 bits per heavy atom. The fraction of sp³-hybridized carbons (Fsp3) is 0.600. The van der Waals surface area contributed by atoms with Crippen molar-refractivity contribution < 1.29 is 4.74 Å². The number of hydrogen-bond acceptors (Lipinski definition) is 2. The second kappa shape index (κ2) is 7.13. The molecule has 2 nitrogen and oxygen atoms in total. The highest BCUT2D eigenvalue weighted by atomic mass is 35.5. The first-order chi connectivity index (χ1) is 8.79. The molecular weight excluding hydrogens is 246 g/mol. The molecule has 1 aromatic carbocycles. The highest BCUT2D eigenvalue weighted by Gasteiger charge is 2.16. The number of benzene rings is 1. The quantitative estimate of drug-likeness (QED) is 0.846. The van der Waals surface area contributed by atoms with Crippen molar-refractivity contribution in [2.75, 3.05) is 19.8 Å². The Kier molecular flexibility index (Phi) is 5.48. The largest absolute Gasteiger partial charge is 0.381 e. The molecule has 0 bridgehead atoms. The van der Waals surface area contributed by atoms with Gasteiger partial charge in [-0.2, -0.15) is 0 Å². The molecule has 2 unspecified atom stereocenters. The van der Waals surface area contributed by atoms with Crippen LogP contribution in [0.2, 0.25) is 5.02 Å². The van der Waals surface area contributed by atoms with Gasteiger partial charge in [-0.05, 0) is 49.4 Å². The normalized spacial score (nSPS) is 21.1. The summed E-state index contributed by atoms with van der Waals surface area (Å²) in [7, 11) is 0. The number of rotatable bonds is 6. The van der Waals surface area contributed by atoms with E-state index < -0.39 is 0 Å². The zero-order chi connectivity index (χ0) is 12.8. The van der Waals surface area contributed by atoms with E-state index in [1.807, 2.05) is 12.1 Å². The molecule has 0 saturated carbocycles. The lowest BCUT2D eigenvalue weighted by molar-refractivity contribution is 0.184. The van der Waals surface area contributed by atoms with Crippen LogP contribution in [0.15, 0.2) is 24.3 Å². The maximum atomic E-state index is 6.04. The standard InChI is InChI=1S/C15H22ClNO/c1-2-15(13-4-3-5-14(16)10-13)17-8-6-12-7-9-18-11-12/h3-5,10,12,15,17H,2,6-9,11H2,1H3. The minimum absolute atomic E-state index is 0.408. The van der Waals surface area contributed by atoms with Gasteiger partial charge in [-0.25, -0.2) is 0 Å². The SMILES string of the molecule is CCC(NCCC1CCOC1)c1cccc(Cl)c1. The van der Waals surface area contributed by atoms with Gasteiger partial charge in [0.2, 0.25) is 0 Å². The smallest absolute Gasteiger partial charge is 0.0495 e. The predicted molar refractivity (Wildman–Crippen MR) is 76.0 cm³/mol. The van der Waals surface area contributed by atoms with Crippen LogP contribution < -0.4 is 5.32 Å². The average Bonchev–Trinajstić information content (AvgIpc) is 2.88. The minimum atomic E-state index is 0.408. The van der Waals surface area contributed by atoms with Crippen molar-refractivity contribution in [1.82, 2.24) is 5.32 Å². The molecule has 1 aliphatic heterocycles. The van der Waals surface area contributed by atoms with Crippen LogP contribution in [0.5, 0.6) is 0 Å². The third-order valence-corrected chi connectivity index (χ3v) is 3.86. The fourth-order valence-corrected chi connectivity index (χ4v) is 2.69. The van der Waals surface area contributed by atoms with Gasteiger partial charge in [0.1, 0.15) is 0 Å². The number of hydrogen-bond donors (Lipinski definition) is 1. The molecule has 1 N–H and O–H groups in total. The Morgan fingerprint density at radius 3 is 3.06 bits per heavy atom. The van der Waals surface area contributed by atoms with Gasteiger partial charge in [-0.15, -0.1) is 0 Å². The van der Waals surface area contributed by atoms with Crippen molar-refractivity contribution in [3.05, 3.63) is 34.9 Å². The van der Waals surface area contributed by atoms with Crippen LogP contribution in [-0.2, 0) is 4.74 Å². The predicted octanol–water partition coefficient (Wildman–Crippen LogP) is 3.81. The van der Waals surface area contributed by atoms with Gasteiger partial charge in [0.25, 0.3) is 0 Å². The summed E-state index contributed by atoms with van der Waals surface area (Å²) >= 11 is 6.04. The zero-order valence-electron chi connectivity index (χ0n) is 11.0. The van der Waals surface area contributed by atoms with E-state index in [1.54, 1.807) is 0 Å². The first-order valence-electron chi connectivity index (χ1n) is 6.86. The highest BCUT2D eigenvalue weighted by Crippen LogP contribution is 2.21. The Bertz CT molecular complexity index is 363. The molecule has 2 rings (SSSR count). The van der Waals surface area contributed by atoms with E-state index in [9.17, 15) is 0 Å². The van der Waals surface area contributed by atoms with Gasteiger partial charge in [0.05, 0.1) is 0 Å². The number of nitrogens with one attached hydrogen (secondary N) is 1. The van der Waals surface area contributed by atoms with Crippen molar-refractivity contribution in [1.29, 1.82) is 0 Å². The zero-order valence-corrected chi connectivity index (χ0v) is 11.7. The Morgan fingerprint density at radius 1 is 1.50 bits per heavy atom. The summed E-state index contributed by atoms with van der Waals surface area (Å²) in [5.41, 5.74) is 1.28. The molecule has 1 aliphatic rings. The lowest BCUT2D eigenvalue weighted by Gasteiger charge is -2.18. The van der Waals surface area contributed by atoms with E-state index in [2.05, 4.69) is 24.4 Å². The van der Waals surface area contributed by atoms with Gasteiger partial charge in [0.15, 0.2) is 0 Å². The first kappa shape index (κ1) is 13.9. The van der Waals surface area contributed by atoms with E-state index in [0.29, 0.717) is 6.04 Å². The second-order valence-corrected chi connectivity index (χ2v) is 5.42. The summed E-state index contributed by atoms with van der Waals surface area (Å²) in [6.45, 7) is 5.14. The Labute approximate surface area is 115 Å². The van der Waals surface area contributed by atoms with E-state index >= 15 is 0 Å². The monoisotopic (exact) mass is 267 g/mol. The van der Waals surface area contributed by atoms with E-state index in [4.69, 9.17) is 16.3 Å². The molecular formula is C15H22ClNO. The molecule has 0 spiro atoms. The molecule has 1 heterocycles. The lowest BCUT2D eigenvalue weighted by atomic mass is 10.0. The molecule has 2 atom stereocenters. The van der Waals surface area contributed by atoms with Crippen LogP contribution in [0.1, 0.15) is 37.8 Å². The number of halogens is 1. The summed E-state index contributed by atoms with van der Waals surface area (Å²) in [6.07, 6.45) is 3.51. The molecule has 3 heteroatoms. The lowest BCUT2D eigenvalue weighted by Crippen LogP contribution is -2.23. The van der Waals surface area contributed by atoms with E-state index in [1.165, 1.54) is 18.4 Å². The van der Waals surface area contributed by atoms with Crippen molar-refractivity contribution in [3.63, 3.8) is 0 Å². The van der Waals surface area contributed by atoms with Crippen LogP contribution in [0.4, 0.5) is 0 Å². The topological polar surface area (TPSA) is 21.3 Å². The third kappa shape index (κ3) is 3.98. The van der Waals surface area contributed by atoms with Crippen LogP contribution in [0.3, 0.4) is 0 Å². The summed E-state index contributed by atoms with van der Waals surface area (Å²) in [4.78, 5) is 0.